The van der Waals surface area contributed by atoms with Crippen LogP contribution in [0.3, 0.4) is 0 Å². The summed E-state index contributed by atoms with van der Waals surface area (Å²) in [4.78, 5) is 0. The molecule has 3 aliphatic rings. The number of methoxy groups -OCH3 is 1. The Balaban J connectivity index is 2.00. The minimum absolute atomic E-state index is 0.0150. The minimum Gasteiger partial charge on any atom is -0.493 e. The zero-order valence-electron chi connectivity index (χ0n) is 13.4. The molecule has 22 heavy (non-hydrogen) atoms. The third-order valence-corrected chi connectivity index (χ3v) is 6.25. The lowest BCUT2D eigenvalue weighted by molar-refractivity contribution is 0.108. The van der Waals surface area contributed by atoms with Crippen LogP contribution in [-0.2, 0) is 5.41 Å². The third kappa shape index (κ3) is 1.54. The summed E-state index contributed by atoms with van der Waals surface area (Å²) in [5, 5.41) is 12.3. The molecule has 1 fully saturated rings. The third-order valence-electron chi connectivity index (χ3n) is 6.25. The number of aliphatic hydroxyl groups excluding tert-OH is 1. The smallest absolute Gasteiger partial charge is 0.165 e. The van der Waals surface area contributed by atoms with Crippen LogP contribution in [0, 0.1) is 5.92 Å². The second kappa shape index (κ2) is 4.60. The Morgan fingerprint density at radius 2 is 2.18 bits per heavy atom. The van der Waals surface area contributed by atoms with Gasteiger partial charge < -0.3 is 14.6 Å². The predicted octanol–water partition coefficient (Wildman–Crippen LogP) is 1.74. The van der Waals surface area contributed by atoms with E-state index in [4.69, 9.17) is 15.3 Å². The lowest BCUT2D eigenvalue weighted by atomic mass is 9.68. The van der Waals surface area contributed by atoms with E-state index in [0.717, 1.165) is 24.5 Å². The molecule has 4 rings (SSSR count). The van der Waals surface area contributed by atoms with Gasteiger partial charge >= 0.3 is 0 Å². The van der Waals surface area contributed by atoms with Crippen LogP contribution in [0.25, 0.3) is 0 Å². The maximum absolute atomic E-state index is 10.4. The van der Waals surface area contributed by atoms with Crippen LogP contribution in [0.15, 0.2) is 12.1 Å². The van der Waals surface area contributed by atoms with Crippen molar-refractivity contribution < 1.29 is 14.6 Å². The zero-order chi connectivity index (χ0) is 15.6. The van der Waals surface area contributed by atoms with Crippen LogP contribution < -0.4 is 15.3 Å². The van der Waals surface area contributed by atoms with E-state index in [-0.39, 0.29) is 29.6 Å². The van der Waals surface area contributed by atoms with E-state index >= 15 is 0 Å². The summed E-state index contributed by atoms with van der Waals surface area (Å²) in [7, 11) is 1.68. The number of ether oxygens (including phenoxy) is 2. The van der Waals surface area contributed by atoms with Gasteiger partial charge in [0, 0.05) is 30.0 Å². The molecule has 3 N–H and O–H groups in total. The molecule has 2 unspecified atom stereocenters. The van der Waals surface area contributed by atoms with Gasteiger partial charge in [0.25, 0.3) is 0 Å². The quantitative estimate of drug-likeness (QED) is 0.774. The van der Waals surface area contributed by atoms with Crippen LogP contribution in [0.2, 0.25) is 0 Å². The van der Waals surface area contributed by atoms with Gasteiger partial charge in [-0.05, 0) is 30.9 Å². The molecule has 0 bridgehead atoms. The van der Waals surface area contributed by atoms with E-state index in [1.807, 2.05) is 11.1 Å². The van der Waals surface area contributed by atoms with E-state index in [1.165, 1.54) is 11.1 Å². The highest BCUT2D eigenvalue weighted by Crippen LogP contribution is 2.61. The van der Waals surface area contributed by atoms with Crippen molar-refractivity contribution in [2.75, 3.05) is 13.7 Å². The number of nitrogens with zero attached hydrogens (tertiary/aromatic N) is 1. The van der Waals surface area contributed by atoms with Gasteiger partial charge in [-0.1, -0.05) is 13.0 Å². The number of rotatable bonds is 1. The Kier molecular flexibility index (Phi) is 2.99. The maximum atomic E-state index is 10.4. The zero-order valence-corrected chi connectivity index (χ0v) is 13.4. The molecule has 0 amide bonds. The molecule has 1 aromatic carbocycles. The summed E-state index contributed by atoms with van der Waals surface area (Å²) in [6, 6.07) is 4.21. The first-order valence-corrected chi connectivity index (χ1v) is 8.08. The number of hydrogen-bond donors (Lipinski definition) is 2. The van der Waals surface area contributed by atoms with Gasteiger partial charge in [0.15, 0.2) is 11.5 Å². The monoisotopic (exact) mass is 304 g/mol. The molecule has 0 radical (unpaired) electrons. The fourth-order valence-electron chi connectivity index (χ4n) is 4.84. The van der Waals surface area contributed by atoms with Crippen LogP contribution in [0.4, 0.5) is 0 Å². The van der Waals surface area contributed by atoms with Gasteiger partial charge in [-0.2, -0.15) is 0 Å². The average molecular weight is 304 g/mol. The van der Waals surface area contributed by atoms with Crippen molar-refractivity contribution in [2.24, 2.45) is 11.8 Å². The first-order chi connectivity index (χ1) is 10.5. The number of aliphatic hydroxyl groups is 1. The molecule has 1 spiro atoms. The fraction of sp³-hybridized carbons (Fsp3) is 0.647. The van der Waals surface area contributed by atoms with Crippen molar-refractivity contribution in [1.82, 2.24) is 5.01 Å². The largest absolute Gasteiger partial charge is 0.493 e. The summed E-state index contributed by atoms with van der Waals surface area (Å²) in [5.74, 6) is 8.06. The Bertz CT molecular complexity index is 620. The highest BCUT2D eigenvalue weighted by atomic mass is 16.5. The van der Waals surface area contributed by atoms with Crippen molar-refractivity contribution in [2.45, 2.75) is 50.4 Å². The lowest BCUT2D eigenvalue weighted by Crippen LogP contribution is -2.41. The highest BCUT2D eigenvalue weighted by Gasteiger charge is 2.61. The average Bonchev–Trinajstić information content (AvgIpc) is 2.91. The van der Waals surface area contributed by atoms with Crippen molar-refractivity contribution in [3.8, 4) is 11.5 Å². The van der Waals surface area contributed by atoms with Gasteiger partial charge in [-0.3, -0.25) is 5.84 Å². The van der Waals surface area contributed by atoms with Gasteiger partial charge in [-0.15, -0.1) is 0 Å². The van der Waals surface area contributed by atoms with Gasteiger partial charge in [0.05, 0.1) is 13.2 Å². The van der Waals surface area contributed by atoms with Crippen molar-refractivity contribution in [3.05, 3.63) is 23.3 Å². The van der Waals surface area contributed by atoms with Crippen molar-refractivity contribution in [3.63, 3.8) is 0 Å². The summed E-state index contributed by atoms with van der Waals surface area (Å²) in [5.41, 5.74) is 2.28. The van der Waals surface area contributed by atoms with E-state index in [0.29, 0.717) is 6.42 Å². The Morgan fingerprint density at radius 1 is 1.41 bits per heavy atom. The maximum Gasteiger partial charge on any atom is 0.165 e. The molecular weight excluding hydrogens is 280 g/mol. The fourth-order valence-corrected chi connectivity index (χ4v) is 4.84. The molecule has 1 aliphatic carbocycles. The van der Waals surface area contributed by atoms with Gasteiger partial charge in [0.2, 0.25) is 0 Å². The Hall–Kier alpha value is -1.30. The van der Waals surface area contributed by atoms with Crippen molar-refractivity contribution in [1.29, 1.82) is 0 Å². The predicted molar refractivity (Wildman–Crippen MR) is 82.8 cm³/mol. The molecule has 0 saturated heterocycles. The molecule has 2 aliphatic heterocycles. The first kappa shape index (κ1) is 14.3. The van der Waals surface area contributed by atoms with E-state index < -0.39 is 0 Å². The molecule has 0 aromatic heterocycles. The summed E-state index contributed by atoms with van der Waals surface area (Å²) >= 11 is 0. The van der Waals surface area contributed by atoms with Gasteiger partial charge in [0.1, 0.15) is 6.10 Å². The topological polar surface area (TPSA) is 68.0 Å². The number of benzene rings is 1. The molecule has 5 nitrogen and oxygen atoms in total. The van der Waals surface area contributed by atoms with E-state index in [9.17, 15) is 5.11 Å². The molecular formula is C17H24N2O3. The molecule has 1 saturated carbocycles. The second-order valence-electron chi connectivity index (χ2n) is 6.96. The standard InChI is InChI=1S/C17H24N2O3/c1-9-12(20)8-14-17(9)6-7-19(18)10(2)11-4-5-13(21-3)16(22-14)15(11)17/h4-5,9-10,12,14,20H,6-8,18H2,1-3H3/t9?,10?,12-,14+,17-/m1/s1. The number of hydrazine groups is 1. The minimum atomic E-state index is -0.322. The van der Waals surface area contributed by atoms with E-state index in [1.54, 1.807) is 7.11 Å². The van der Waals surface area contributed by atoms with Crippen LogP contribution in [0.1, 0.15) is 43.9 Å². The summed E-state index contributed by atoms with van der Waals surface area (Å²) in [6.45, 7) is 5.07. The molecule has 1 aromatic rings. The molecule has 120 valence electrons. The number of nitrogens with two attached hydrogens (primary N) is 1. The van der Waals surface area contributed by atoms with Gasteiger partial charge in [-0.25, -0.2) is 5.01 Å². The summed E-state index contributed by atoms with van der Waals surface area (Å²) < 4.78 is 11.8. The van der Waals surface area contributed by atoms with Crippen LogP contribution >= 0.6 is 0 Å². The summed E-state index contributed by atoms with van der Waals surface area (Å²) in [6.07, 6.45) is 1.28. The van der Waals surface area contributed by atoms with Crippen molar-refractivity contribution >= 4 is 0 Å². The first-order valence-electron chi connectivity index (χ1n) is 8.08. The Labute approximate surface area is 131 Å². The highest BCUT2D eigenvalue weighted by molar-refractivity contribution is 5.60. The Morgan fingerprint density at radius 3 is 2.91 bits per heavy atom. The van der Waals surface area contributed by atoms with Crippen LogP contribution in [0.5, 0.6) is 11.5 Å². The van der Waals surface area contributed by atoms with E-state index in [2.05, 4.69) is 19.9 Å². The lowest BCUT2D eigenvalue weighted by Gasteiger charge is -2.33. The normalized spacial score (nSPS) is 39.9. The molecule has 2 heterocycles. The second-order valence-corrected chi connectivity index (χ2v) is 6.96. The van der Waals surface area contributed by atoms with Crippen LogP contribution in [-0.4, -0.2) is 36.0 Å². The number of hydrogen-bond acceptors (Lipinski definition) is 5. The SMILES string of the molecule is COc1ccc2c3c1O[C@H]1C[C@@H](O)C(C)[C@@]31CCN(N)C2C. The molecule has 5 heteroatoms. The molecule has 5 atom stereocenters.